The summed E-state index contributed by atoms with van der Waals surface area (Å²) in [4.78, 5) is 16.3. The number of benzene rings is 1. The number of aliphatic hydroxyl groups excluding tert-OH is 1. The van der Waals surface area contributed by atoms with Crippen LogP contribution in [0, 0.1) is 0 Å². The van der Waals surface area contributed by atoms with E-state index in [-0.39, 0.29) is 42.2 Å². The average Bonchev–Trinajstić information content (AvgIpc) is 3.19. The number of ether oxygens (including phenoxy) is 1. The van der Waals surface area contributed by atoms with Crippen molar-refractivity contribution in [2.45, 2.75) is 57.8 Å². The summed E-state index contributed by atoms with van der Waals surface area (Å²) in [5.74, 6) is 0.551. The highest BCUT2D eigenvalue weighted by Gasteiger charge is 2.16. The van der Waals surface area contributed by atoms with E-state index in [1.807, 2.05) is 6.92 Å². The highest BCUT2D eigenvalue weighted by atomic mass is 127. The van der Waals surface area contributed by atoms with Crippen LogP contribution in [0.2, 0.25) is 0 Å². The van der Waals surface area contributed by atoms with Gasteiger partial charge in [0.05, 0.1) is 12.6 Å². The Balaban J connectivity index is 0.00000450. The summed E-state index contributed by atoms with van der Waals surface area (Å²) in [7, 11) is 0. The van der Waals surface area contributed by atoms with Crippen LogP contribution in [-0.2, 0) is 4.79 Å². The van der Waals surface area contributed by atoms with Gasteiger partial charge in [-0.15, -0.1) is 24.0 Å². The lowest BCUT2D eigenvalue weighted by Crippen LogP contribution is -2.40. The van der Waals surface area contributed by atoms with Gasteiger partial charge in [-0.2, -0.15) is 8.78 Å². The van der Waals surface area contributed by atoms with Crippen molar-refractivity contribution in [1.82, 2.24) is 16.0 Å². The van der Waals surface area contributed by atoms with E-state index in [9.17, 15) is 18.7 Å². The number of hydrogen-bond donors (Lipinski definition) is 4. The molecule has 0 aromatic heterocycles. The summed E-state index contributed by atoms with van der Waals surface area (Å²) in [6.45, 7) is 0.181. The smallest absolute Gasteiger partial charge is 0.387 e. The van der Waals surface area contributed by atoms with Gasteiger partial charge in [0.1, 0.15) is 5.75 Å². The van der Waals surface area contributed by atoms with Gasteiger partial charge in [0.2, 0.25) is 5.91 Å². The van der Waals surface area contributed by atoms with Crippen LogP contribution in [0.25, 0.3) is 0 Å². The molecule has 0 heterocycles. The summed E-state index contributed by atoms with van der Waals surface area (Å²) in [6, 6.07) is 6.09. The second-order valence-corrected chi connectivity index (χ2v) is 6.91. The van der Waals surface area contributed by atoms with Crippen LogP contribution in [-0.4, -0.2) is 49.3 Å². The van der Waals surface area contributed by atoms with Crippen molar-refractivity contribution < 1.29 is 23.4 Å². The molecule has 7 nitrogen and oxygen atoms in total. The van der Waals surface area contributed by atoms with E-state index in [2.05, 4.69) is 25.7 Å². The molecule has 1 atom stereocenters. The Kier molecular flexibility index (Phi) is 12.6. The molecule has 170 valence electrons. The van der Waals surface area contributed by atoms with Crippen LogP contribution >= 0.6 is 24.0 Å². The fraction of sp³-hybridized carbons (Fsp3) is 0.600. The lowest BCUT2D eigenvalue weighted by Gasteiger charge is -2.15. The third-order valence-electron chi connectivity index (χ3n) is 4.62. The highest BCUT2D eigenvalue weighted by Crippen LogP contribution is 2.19. The van der Waals surface area contributed by atoms with Crippen LogP contribution in [0.5, 0.6) is 5.75 Å². The Labute approximate surface area is 193 Å². The van der Waals surface area contributed by atoms with Gasteiger partial charge in [-0.1, -0.05) is 25.0 Å². The Morgan fingerprint density at radius 2 is 1.90 bits per heavy atom. The first-order valence-electron chi connectivity index (χ1n) is 10.0. The number of carbonyl (C=O) groups is 1. The summed E-state index contributed by atoms with van der Waals surface area (Å²) >= 11 is 0. The van der Waals surface area contributed by atoms with Gasteiger partial charge >= 0.3 is 6.61 Å². The lowest BCUT2D eigenvalue weighted by atomic mass is 10.1. The van der Waals surface area contributed by atoms with Crippen molar-refractivity contribution in [2.75, 3.05) is 19.6 Å². The predicted molar refractivity (Wildman–Crippen MR) is 122 cm³/mol. The van der Waals surface area contributed by atoms with Gasteiger partial charge in [0.15, 0.2) is 5.96 Å². The zero-order valence-corrected chi connectivity index (χ0v) is 19.4. The molecule has 1 aliphatic carbocycles. The predicted octanol–water partition coefficient (Wildman–Crippen LogP) is 2.94. The first-order valence-corrected chi connectivity index (χ1v) is 10.0. The molecule has 1 aromatic rings. The topological polar surface area (TPSA) is 95.0 Å². The number of halogens is 3. The Hall–Kier alpha value is -1.69. The maximum absolute atomic E-state index is 12.2. The van der Waals surface area contributed by atoms with E-state index in [1.165, 1.54) is 37.1 Å². The number of rotatable bonds is 10. The van der Waals surface area contributed by atoms with E-state index >= 15 is 0 Å². The standard InChI is InChI=1S/C20H30F2N4O3.HI/c1-2-23-20(24-12-11-18(28)26-15-5-3-4-6-15)25-13-17(27)14-7-9-16(10-8-14)29-19(21)22;/h7-10,15,17,19,27H,2-6,11-13H2,1H3,(H,26,28)(H2,23,24,25);1H. The van der Waals surface area contributed by atoms with Gasteiger partial charge in [-0.05, 0) is 37.5 Å². The van der Waals surface area contributed by atoms with Crippen molar-refractivity contribution in [3.8, 4) is 5.75 Å². The number of hydrogen-bond acceptors (Lipinski definition) is 4. The molecule has 1 aliphatic rings. The van der Waals surface area contributed by atoms with Gasteiger partial charge in [0.25, 0.3) is 0 Å². The zero-order valence-electron chi connectivity index (χ0n) is 17.1. The van der Waals surface area contributed by atoms with E-state index in [4.69, 9.17) is 0 Å². The van der Waals surface area contributed by atoms with Crippen molar-refractivity contribution in [2.24, 2.45) is 4.99 Å². The minimum absolute atomic E-state index is 0. The molecule has 1 unspecified atom stereocenters. The molecule has 2 rings (SSSR count). The molecular weight excluding hydrogens is 509 g/mol. The second-order valence-electron chi connectivity index (χ2n) is 6.91. The van der Waals surface area contributed by atoms with Crippen molar-refractivity contribution in [1.29, 1.82) is 0 Å². The van der Waals surface area contributed by atoms with E-state index < -0.39 is 12.7 Å². The SMILES string of the molecule is CCNC(=NCC(O)c1ccc(OC(F)F)cc1)NCCC(=O)NC1CCCC1.I. The van der Waals surface area contributed by atoms with Crippen molar-refractivity contribution in [3.63, 3.8) is 0 Å². The quantitative estimate of drug-likeness (QED) is 0.208. The third-order valence-corrected chi connectivity index (χ3v) is 4.62. The van der Waals surface area contributed by atoms with Crippen LogP contribution < -0.4 is 20.7 Å². The van der Waals surface area contributed by atoms with Gasteiger partial charge in [0, 0.05) is 25.6 Å². The molecular formula is C20H31F2IN4O3. The number of nitrogens with one attached hydrogen (secondary N) is 3. The van der Waals surface area contributed by atoms with Gasteiger partial charge in [-0.25, -0.2) is 0 Å². The minimum atomic E-state index is -2.88. The number of carbonyl (C=O) groups excluding carboxylic acids is 1. The van der Waals surface area contributed by atoms with E-state index in [0.717, 1.165) is 12.8 Å². The molecule has 10 heteroatoms. The van der Waals surface area contributed by atoms with Crippen LogP contribution in [0.3, 0.4) is 0 Å². The Morgan fingerprint density at radius 1 is 1.23 bits per heavy atom. The molecule has 1 saturated carbocycles. The van der Waals surface area contributed by atoms with Crippen LogP contribution in [0.4, 0.5) is 8.78 Å². The zero-order chi connectivity index (χ0) is 21.1. The molecule has 0 spiro atoms. The number of amides is 1. The van der Waals surface area contributed by atoms with Crippen molar-refractivity contribution in [3.05, 3.63) is 29.8 Å². The first-order chi connectivity index (χ1) is 14.0. The van der Waals surface area contributed by atoms with Crippen molar-refractivity contribution >= 4 is 35.8 Å². The minimum Gasteiger partial charge on any atom is -0.435 e. The number of nitrogens with zero attached hydrogens (tertiary/aromatic N) is 1. The average molecular weight is 540 g/mol. The molecule has 0 saturated heterocycles. The summed E-state index contributed by atoms with van der Waals surface area (Å²) in [5, 5.41) is 19.4. The monoisotopic (exact) mass is 540 g/mol. The van der Waals surface area contributed by atoms with Crippen LogP contribution in [0.1, 0.15) is 50.7 Å². The molecule has 1 aromatic carbocycles. The lowest BCUT2D eigenvalue weighted by molar-refractivity contribution is -0.121. The third kappa shape index (κ3) is 9.88. The second kappa shape index (κ2) is 14.3. The molecule has 0 aliphatic heterocycles. The normalized spacial score (nSPS) is 15.4. The Morgan fingerprint density at radius 3 is 2.50 bits per heavy atom. The molecule has 0 radical (unpaired) electrons. The number of aliphatic imine (C=N–C) groups is 1. The number of aliphatic hydroxyl groups is 1. The molecule has 0 bridgehead atoms. The fourth-order valence-corrected chi connectivity index (χ4v) is 3.16. The largest absolute Gasteiger partial charge is 0.435 e. The fourth-order valence-electron chi connectivity index (χ4n) is 3.16. The number of alkyl halides is 2. The van der Waals surface area contributed by atoms with Gasteiger partial charge < -0.3 is 25.8 Å². The maximum Gasteiger partial charge on any atom is 0.387 e. The summed E-state index contributed by atoms with van der Waals surface area (Å²) in [5.41, 5.74) is 0.544. The maximum atomic E-state index is 12.2. The molecule has 4 N–H and O–H groups in total. The first kappa shape index (κ1) is 26.3. The summed E-state index contributed by atoms with van der Waals surface area (Å²) in [6.07, 6.45) is 3.90. The molecule has 1 amide bonds. The van der Waals surface area contributed by atoms with E-state index in [1.54, 1.807) is 0 Å². The highest BCUT2D eigenvalue weighted by molar-refractivity contribution is 14.0. The Bertz CT molecular complexity index is 656. The van der Waals surface area contributed by atoms with E-state index in [0.29, 0.717) is 37.1 Å². The summed E-state index contributed by atoms with van der Waals surface area (Å²) < 4.78 is 28.7. The molecule has 1 fully saturated rings. The number of guanidine groups is 1. The van der Waals surface area contributed by atoms with Crippen LogP contribution in [0.15, 0.2) is 29.3 Å². The van der Waals surface area contributed by atoms with Gasteiger partial charge in [-0.3, -0.25) is 9.79 Å². The molecule has 30 heavy (non-hydrogen) atoms.